The van der Waals surface area contributed by atoms with Crippen LogP contribution < -0.4 is 14.8 Å². The number of halogens is 2. The first-order valence-corrected chi connectivity index (χ1v) is 8.65. The van der Waals surface area contributed by atoms with E-state index in [2.05, 4.69) is 15.5 Å². The van der Waals surface area contributed by atoms with E-state index < -0.39 is 12.0 Å². The maximum absolute atomic E-state index is 12.3. The van der Waals surface area contributed by atoms with Crippen LogP contribution in [0.1, 0.15) is 0 Å². The third-order valence-electron chi connectivity index (χ3n) is 3.34. The summed E-state index contributed by atoms with van der Waals surface area (Å²) in [5.41, 5.74) is 0.510. The molecule has 1 unspecified atom stereocenters. The summed E-state index contributed by atoms with van der Waals surface area (Å²) in [6.45, 7) is 0.0792. The fourth-order valence-electron chi connectivity index (χ4n) is 2.20. The zero-order valence-corrected chi connectivity index (χ0v) is 14.7. The number of thiophene rings is 1. The van der Waals surface area contributed by atoms with Crippen molar-refractivity contribution in [2.75, 3.05) is 11.9 Å². The number of hydrogen-bond acceptors (Lipinski definition) is 7. The molecule has 3 heterocycles. The van der Waals surface area contributed by atoms with Crippen molar-refractivity contribution in [3.63, 3.8) is 0 Å². The lowest BCUT2D eigenvalue weighted by atomic mass is 10.2. The normalized spacial score (nSPS) is 15.8. The highest BCUT2D eigenvalue weighted by Crippen LogP contribution is 2.38. The van der Waals surface area contributed by atoms with Gasteiger partial charge in [0.05, 0.1) is 9.90 Å². The van der Waals surface area contributed by atoms with Crippen LogP contribution in [0.3, 0.4) is 0 Å². The number of anilines is 1. The molecule has 0 aliphatic carbocycles. The highest BCUT2D eigenvalue weighted by molar-refractivity contribution is 7.20. The van der Waals surface area contributed by atoms with Crippen LogP contribution in [-0.2, 0) is 4.79 Å². The molecule has 4 rings (SSSR count). The minimum atomic E-state index is -0.829. The maximum atomic E-state index is 12.3. The van der Waals surface area contributed by atoms with E-state index in [1.54, 1.807) is 24.3 Å². The van der Waals surface area contributed by atoms with Gasteiger partial charge >= 0.3 is 6.01 Å². The zero-order valence-electron chi connectivity index (χ0n) is 12.4. The molecule has 1 aliphatic rings. The highest BCUT2D eigenvalue weighted by atomic mass is 35.5. The number of amides is 1. The van der Waals surface area contributed by atoms with Crippen LogP contribution in [0.25, 0.3) is 11.5 Å². The molecule has 1 amide bonds. The molecule has 0 radical (unpaired) electrons. The Morgan fingerprint density at radius 1 is 1.24 bits per heavy atom. The van der Waals surface area contributed by atoms with Crippen molar-refractivity contribution in [1.29, 1.82) is 0 Å². The van der Waals surface area contributed by atoms with Gasteiger partial charge in [-0.05, 0) is 18.2 Å². The zero-order chi connectivity index (χ0) is 17.4. The van der Waals surface area contributed by atoms with E-state index in [9.17, 15) is 4.79 Å². The van der Waals surface area contributed by atoms with E-state index in [4.69, 9.17) is 37.1 Å². The highest BCUT2D eigenvalue weighted by Gasteiger charge is 2.28. The van der Waals surface area contributed by atoms with Gasteiger partial charge in [-0.1, -0.05) is 40.4 Å². The van der Waals surface area contributed by atoms with Crippen LogP contribution in [0.15, 0.2) is 34.7 Å². The van der Waals surface area contributed by atoms with Crippen LogP contribution in [0.4, 0.5) is 6.01 Å². The van der Waals surface area contributed by atoms with E-state index in [0.29, 0.717) is 25.7 Å². The Hall–Kier alpha value is -2.29. The summed E-state index contributed by atoms with van der Waals surface area (Å²) in [5, 5.41) is 10.1. The summed E-state index contributed by atoms with van der Waals surface area (Å²) in [7, 11) is 0. The fourth-order valence-corrected chi connectivity index (χ4v) is 3.65. The van der Waals surface area contributed by atoms with Gasteiger partial charge in [-0.2, -0.15) is 0 Å². The predicted octanol–water partition coefficient (Wildman–Crippen LogP) is 3.88. The van der Waals surface area contributed by atoms with Crippen LogP contribution >= 0.6 is 34.5 Å². The van der Waals surface area contributed by atoms with E-state index in [1.807, 2.05) is 6.07 Å². The van der Waals surface area contributed by atoms with Gasteiger partial charge in [0.2, 0.25) is 6.10 Å². The van der Waals surface area contributed by atoms with Gasteiger partial charge in [0.25, 0.3) is 11.8 Å². The number of fused-ring (bicyclic) bond motifs is 1. The summed E-state index contributed by atoms with van der Waals surface area (Å²) in [6, 6.07) is 8.65. The molecule has 0 bridgehead atoms. The molecule has 1 aliphatic heterocycles. The molecule has 25 heavy (non-hydrogen) atoms. The van der Waals surface area contributed by atoms with Crippen molar-refractivity contribution in [3.8, 4) is 23.0 Å². The average molecular weight is 398 g/mol. The number of hydrogen-bond donors (Lipinski definition) is 1. The lowest BCUT2D eigenvalue weighted by molar-refractivity contribution is -0.125. The fraction of sp³-hybridized carbons (Fsp3) is 0.133. The standard InChI is InChI=1S/C15H9Cl2N3O4S/c16-11-5-7(12(17)25-11)14-19-20-15(24-14)18-13(21)10-6-22-8-3-1-2-4-9(8)23-10/h1-5,10H,6H2,(H,18,20,21). The molecule has 1 N–H and O–H groups in total. The quantitative estimate of drug-likeness (QED) is 0.721. The summed E-state index contributed by atoms with van der Waals surface area (Å²) in [6.07, 6.45) is -0.829. The largest absolute Gasteiger partial charge is 0.485 e. The van der Waals surface area contributed by atoms with Crippen LogP contribution in [0, 0.1) is 0 Å². The molecule has 10 heteroatoms. The molecule has 1 aromatic carbocycles. The molecule has 1 atom stereocenters. The minimum Gasteiger partial charge on any atom is -0.485 e. The number of benzene rings is 1. The van der Waals surface area contributed by atoms with Crippen molar-refractivity contribution < 1.29 is 18.7 Å². The number of ether oxygens (including phenoxy) is 2. The number of nitrogens with one attached hydrogen (secondary N) is 1. The number of aromatic nitrogens is 2. The Labute approximate surface area is 155 Å². The van der Waals surface area contributed by atoms with Crippen molar-refractivity contribution in [3.05, 3.63) is 39.0 Å². The van der Waals surface area contributed by atoms with Crippen molar-refractivity contribution in [1.82, 2.24) is 10.2 Å². The molecular weight excluding hydrogens is 389 g/mol. The molecule has 0 fully saturated rings. The molecule has 3 aromatic rings. The Morgan fingerprint density at radius 2 is 2.04 bits per heavy atom. The van der Waals surface area contributed by atoms with E-state index in [1.165, 1.54) is 11.3 Å². The number of carbonyl (C=O) groups is 1. The van der Waals surface area contributed by atoms with Crippen LogP contribution in [0.2, 0.25) is 8.67 Å². The average Bonchev–Trinajstić information content (AvgIpc) is 3.20. The Kier molecular flexibility index (Phi) is 4.24. The Morgan fingerprint density at radius 3 is 2.80 bits per heavy atom. The van der Waals surface area contributed by atoms with Gasteiger partial charge in [-0.25, -0.2) is 0 Å². The lowest BCUT2D eigenvalue weighted by Crippen LogP contribution is -2.40. The van der Waals surface area contributed by atoms with E-state index in [-0.39, 0.29) is 18.5 Å². The van der Waals surface area contributed by atoms with Crippen LogP contribution in [-0.4, -0.2) is 28.8 Å². The Bertz CT molecular complexity index is 943. The summed E-state index contributed by atoms with van der Waals surface area (Å²) >= 11 is 13.1. The molecule has 128 valence electrons. The smallest absolute Gasteiger partial charge is 0.322 e. The van der Waals surface area contributed by atoms with Gasteiger partial charge in [0.1, 0.15) is 10.9 Å². The SMILES string of the molecule is O=C(Nc1nnc(-c2cc(Cl)sc2Cl)o1)C1COc2ccccc2O1. The molecule has 0 spiro atoms. The second-order valence-electron chi connectivity index (χ2n) is 5.00. The number of rotatable bonds is 3. The number of nitrogens with zero attached hydrogens (tertiary/aromatic N) is 2. The van der Waals surface area contributed by atoms with Crippen molar-refractivity contribution in [2.45, 2.75) is 6.10 Å². The van der Waals surface area contributed by atoms with Crippen LogP contribution in [0.5, 0.6) is 11.5 Å². The second kappa shape index (κ2) is 6.55. The third kappa shape index (κ3) is 3.28. The van der Waals surface area contributed by atoms with Gasteiger partial charge in [-0.15, -0.1) is 16.4 Å². The number of carbonyl (C=O) groups excluding carboxylic acids is 1. The molecule has 0 saturated heterocycles. The summed E-state index contributed by atoms with van der Waals surface area (Å²) < 4.78 is 17.4. The van der Waals surface area contributed by atoms with Gasteiger partial charge in [0.15, 0.2) is 11.5 Å². The van der Waals surface area contributed by atoms with Crippen molar-refractivity contribution in [2.24, 2.45) is 0 Å². The molecule has 0 saturated carbocycles. The third-order valence-corrected chi connectivity index (χ3v) is 4.83. The number of para-hydroxylation sites is 2. The summed E-state index contributed by atoms with van der Waals surface area (Å²) in [5.74, 6) is 0.796. The Balaban J connectivity index is 1.46. The van der Waals surface area contributed by atoms with Gasteiger partial charge < -0.3 is 13.9 Å². The first-order valence-electron chi connectivity index (χ1n) is 7.08. The molecular formula is C15H9Cl2N3O4S. The van der Waals surface area contributed by atoms with E-state index >= 15 is 0 Å². The maximum Gasteiger partial charge on any atom is 0.322 e. The summed E-state index contributed by atoms with van der Waals surface area (Å²) in [4.78, 5) is 12.3. The first kappa shape index (κ1) is 16.2. The van der Waals surface area contributed by atoms with Crippen molar-refractivity contribution >= 4 is 46.5 Å². The monoisotopic (exact) mass is 397 g/mol. The second-order valence-corrected chi connectivity index (χ2v) is 7.29. The molecule has 7 nitrogen and oxygen atoms in total. The topological polar surface area (TPSA) is 86.5 Å². The van der Waals surface area contributed by atoms with E-state index in [0.717, 1.165) is 0 Å². The first-order chi connectivity index (χ1) is 12.1. The van der Waals surface area contributed by atoms with Gasteiger partial charge in [0, 0.05) is 0 Å². The minimum absolute atomic E-state index is 0.0687. The molecule has 2 aromatic heterocycles. The lowest BCUT2D eigenvalue weighted by Gasteiger charge is -2.24. The van der Waals surface area contributed by atoms with Gasteiger partial charge in [-0.3, -0.25) is 10.1 Å². The predicted molar refractivity (Wildman–Crippen MR) is 92.6 cm³/mol.